The highest BCUT2D eigenvalue weighted by atomic mass is 32.3. The molecule has 1 aromatic carbocycles. The molecule has 2 aliphatic rings. The Balaban J connectivity index is 1.49. The maximum atomic E-state index is 14.1. The number of thiophene rings is 1. The number of halogens is 3. The van der Waals surface area contributed by atoms with Gasteiger partial charge in [-0.2, -0.15) is 23.8 Å². The van der Waals surface area contributed by atoms with Gasteiger partial charge in [0.05, 0.1) is 21.2 Å². The second kappa shape index (κ2) is 11.5. The fraction of sp³-hybridized carbons (Fsp3) is 0.407. The van der Waals surface area contributed by atoms with Crippen LogP contribution in [0.5, 0.6) is 0 Å². The Hall–Kier alpha value is -3.60. The summed E-state index contributed by atoms with van der Waals surface area (Å²) in [5.74, 6) is -0.728. The molecule has 16 heteroatoms. The zero-order valence-corrected chi connectivity index (χ0v) is 25.2. The lowest BCUT2D eigenvalue weighted by atomic mass is 10.1. The van der Waals surface area contributed by atoms with E-state index in [-0.39, 0.29) is 38.9 Å². The van der Waals surface area contributed by atoms with Crippen LogP contribution >= 0.6 is 21.9 Å². The second-order valence-corrected chi connectivity index (χ2v) is 13.7. The summed E-state index contributed by atoms with van der Waals surface area (Å²) in [5.41, 5.74) is 0.728. The fourth-order valence-electron chi connectivity index (χ4n) is 5.18. The maximum Gasteiger partial charge on any atom is 0.420 e. The van der Waals surface area contributed by atoms with Crippen molar-refractivity contribution in [3.63, 3.8) is 0 Å². The first-order chi connectivity index (χ1) is 20.2. The summed E-state index contributed by atoms with van der Waals surface area (Å²) in [6.45, 7) is 5.22. The van der Waals surface area contributed by atoms with Crippen LogP contribution in [0.1, 0.15) is 34.6 Å². The number of aromatic nitrogens is 2. The van der Waals surface area contributed by atoms with E-state index >= 15 is 0 Å². The topological polar surface area (TPSA) is 142 Å². The van der Waals surface area contributed by atoms with E-state index in [2.05, 4.69) is 20.2 Å². The lowest BCUT2D eigenvalue weighted by molar-refractivity contribution is -0.137. The number of carbonyl (C=O) groups excluding carboxylic acids is 1. The summed E-state index contributed by atoms with van der Waals surface area (Å²) in [4.78, 5) is 37.0. The Kier molecular flexibility index (Phi) is 8.24. The Morgan fingerprint density at radius 3 is 2.60 bits per heavy atom. The lowest BCUT2D eigenvalue weighted by Gasteiger charge is -2.40. The maximum absolute atomic E-state index is 14.1. The molecule has 1 fully saturated rings. The van der Waals surface area contributed by atoms with Crippen molar-refractivity contribution in [3.05, 3.63) is 46.5 Å². The number of nitrogens with one attached hydrogen (secondary N) is 1. The van der Waals surface area contributed by atoms with E-state index in [0.29, 0.717) is 37.9 Å². The molecule has 0 spiro atoms. The normalized spacial score (nSPS) is 19.6. The number of carboxylic acid groups (broad SMARTS) is 1. The molecule has 11 nitrogen and oxygen atoms in total. The molecule has 1 saturated heterocycles. The van der Waals surface area contributed by atoms with Gasteiger partial charge in [-0.25, -0.2) is 14.8 Å². The number of hydrogen-bond acceptors (Lipinski definition) is 9. The van der Waals surface area contributed by atoms with Gasteiger partial charge in [-0.15, -0.1) is 11.3 Å². The van der Waals surface area contributed by atoms with Gasteiger partial charge in [-0.05, 0) is 43.2 Å². The number of benzene rings is 1. The summed E-state index contributed by atoms with van der Waals surface area (Å²) >= 11 is 0.735. The number of hydrogen-bond donors (Lipinski definition) is 4. The summed E-state index contributed by atoms with van der Waals surface area (Å²) < 4.78 is 63.6. The predicted molar refractivity (Wildman–Crippen MR) is 159 cm³/mol. The first-order valence-corrected chi connectivity index (χ1v) is 16.0. The molecule has 2 amide bonds. The van der Waals surface area contributed by atoms with Gasteiger partial charge in [0.25, 0.3) is 5.91 Å². The molecule has 2 aliphatic heterocycles. The third-order valence-electron chi connectivity index (χ3n) is 7.58. The molecule has 2 aromatic heterocycles. The summed E-state index contributed by atoms with van der Waals surface area (Å²) in [5, 5.41) is 12.3. The number of aryl methyl sites for hydroxylation is 1. The van der Waals surface area contributed by atoms with E-state index < -0.39 is 40.0 Å². The largest absolute Gasteiger partial charge is 0.465 e. The molecule has 0 bridgehead atoms. The van der Waals surface area contributed by atoms with Gasteiger partial charge in [0.15, 0.2) is 0 Å². The van der Waals surface area contributed by atoms with Crippen LogP contribution in [0.4, 0.5) is 35.3 Å². The standard InChI is InChI=1S/C27H31F3N6O5S2/c1-4-16-11-17(36-8-7-35(26(38)39)14-15(36)2)5-6-19(16)32-25-31-13-18(27(28,29)30)22(33-25)20-12-21-23(42-20)24(37)34(3)9-10-43(21,40)41/h5-6,11-13,15,40-41H,4,7-10,14H2,1-3H3,(H,38,39)(H,31,32,33). The number of nitrogens with zero attached hydrogens (tertiary/aromatic N) is 5. The summed E-state index contributed by atoms with van der Waals surface area (Å²) in [6.07, 6.45) is -4.51. The Bertz CT molecular complexity index is 1570. The van der Waals surface area contributed by atoms with Crippen LogP contribution in [0.25, 0.3) is 10.6 Å². The highest BCUT2D eigenvalue weighted by molar-refractivity contribution is 8.24. The first-order valence-electron chi connectivity index (χ1n) is 13.4. The van der Waals surface area contributed by atoms with Gasteiger partial charge in [0, 0.05) is 56.8 Å². The van der Waals surface area contributed by atoms with Crippen LogP contribution in [0.15, 0.2) is 35.4 Å². The van der Waals surface area contributed by atoms with Gasteiger partial charge < -0.3 is 25.1 Å². The zero-order valence-electron chi connectivity index (χ0n) is 23.6. The van der Waals surface area contributed by atoms with Crippen LogP contribution in [0, 0.1) is 0 Å². The number of carbonyl (C=O) groups is 2. The zero-order chi connectivity index (χ0) is 31.3. The Morgan fingerprint density at radius 1 is 1.21 bits per heavy atom. The average molecular weight is 641 g/mol. The van der Waals surface area contributed by atoms with Crippen molar-refractivity contribution in [1.82, 2.24) is 19.8 Å². The minimum atomic E-state index is -4.81. The van der Waals surface area contributed by atoms with Gasteiger partial charge in [-0.3, -0.25) is 13.9 Å². The third-order valence-corrected chi connectivity index (χ3v) is 10.6. The van der Waals surface area contributed by atoms with Crippen molar-refractivity contribution in [1.29, 1.82) is 0 Å². The van der Waals surface area contributed by atoms with E-state index in [1.54, 1.807) is 6.07 Å². The monoisotopic (exact) mass is 640 g/mol. The minimum Gasteiger partial charge on any atom is -0.465 e. The smallest absolute Gasteiger partial charge is 0.420 e. The molecule has 4 N–H and O–H groups in total. The van der Waals surface area contributed by atoms with Gasteiger partial charge in [0.1, 0.15) is 10.4 Å². The highest BCUT2D eigenvalue weighted by Gasteiger charge is 2.38. The van der Waals surface area contributed by atoms with Crippen LogP contribution < -0.4 is 10.2 Å². The number of amides is 2. The fourth-order valence-corrected chi connectivity index (χ4v) is 8.27. The highest BCUT2D eigenvalue weighted by Crippen LogP contribution is 2.55. The molecule has 0 aliphatic carbocycles. The molecule has 5 rings (SSSR count). The van der Waals surface area contributed by atoms with Crippen molar-refractivity contribution >= 4 is 51.3 Å². The molecule has 0 saturated carbocycles. The SMILES string of the molecule is CCc1cc(N2CCN(C(=O)O)CC2C)ccc1Nc1ncc(C(F)(F)F)c(-c2cc3c(s2)C(=O)N(C)CCS3(O)O)n1. The van der Waals surface area contributed by atoms with Gasteiger partial charge in [-0.1, -0.05) is 6.92 Å². The average Bonchev–Trinajstić information content (AvgIpc) is 3.39. The Labute approximate surface area is 251 Å². The van der Waals surface area contributed by atoms with Crippen molar-refractivity contribution in [2.24, 2.45) is 0 Å². The van der Waals surface area contributed by atoms with Crippen molar-refractivity contribution in [2.45, 2.75) is 37.4 Å². The molecule has 1 atom stereocenters. The molecular weight excluding hydrogens is 609 g/mol. The van der Waals surface area contributed by atoms with Crippen LogP contribution in [-0.4, -0.2) is 91.0 Å². The Morgan fingerprint density at radius 2 is 1.95 bits per heavy atom. The molecular formula is C27H31F3N6O5S2. The first kappa shape index (κ1) is 30.8. The molecule has 0 radical (unpaired) electrons. The third kappa shape index (κ3) is 6.09. The van der Waals surface area contributed by atoms with E-state index in [1.165, 1.54) is 22.9 Å². The summed E-state index contributed by atoms with van der Waals surface area (Å²) in [7, 11) is -1.91. The van der Waals surface area contributed by atoms with E-state index in [1.807, 2.05) is 26.0 Å². The van der Waals surface area contributed by atoms with E-state index in [0.717, 1.165) is 22.6 Å². The molecule has 1 unspecified atom stereocenters. The van der Waals surface area contributed by atoms with Gasteiger partial charge >= 0.3 is 12.3 Å². The molecule has 43 heavy (non-hydrogen) atoms. The molecule has 4 heterocycles. The predicted octanol–water partition coefficient (Wildman–Crippen LogP) is 5.91. The summed E-state index contributed by atoms with van der Waals surface area (Å²) in [6, 6.07) is 6.74. The number of piperazine rings is 1. The van der Waals surface area contributed by atoms with Crippen molar-refractivity contribution < 1.29 is 37.0 Å². The number of anilines is 3. The second-order valence-electron chi connectivity index (χ2n) is 10.4. The number of fused-ring (bicyclic) bond motifs is 1. The van der Waals surface area contributed by atoms with Crippen LogP contribution in [0.3, 0.4) is 0 Å². The molecule has 3 aromatic rings. The minimum absolute atomic E-state index is 0.0291. The number of alkyl halides is 3. The van der Waals surface area contributed by atoms with E-state index in [9.17, 15) is 37.0 Å². The van der Waals surface area contributed by atoms with Crippen LogP contribution in [-0.2, 0) is 12.6 Å². The van der Waals surface area contributed by atoms with Gasteiger partial charge in [0.2, 0.25) is 5.95 Å². The van der Waals surface area contributed by atoms with Crippen molar-refractivity contribution in [2.75, 3.05) is 49.2 Å². The van der Waals surface area contributed by atoms with E-state index in [4.69, 9.17) is 0 Å². The lowest BCUT2D eigenvalue weighted by Crippen LogP contribution is -2.53. The van der Waals surface area contributed by atoms with Crippen molar-refractivity contribution in [3.8, 4) is 10.6 Å². The number of rotatable bonds is 5. The molecule has 232 valence electrons. The van der Waals surface area contributed by atoms with Crippen LogP contribution in [0.2, 0.25) is 0 Å². The quantitative estimate of drug-likeness (QED) is 0.268.